The Morgan fingerprint density at radius 3 is 2.43 bits per heavy atom. The van der Waals surface area contributed by atoms with Crippen LogP contribution in [0.2, 0.25) is 0 Å². The van der Waals surface area contributed by atoms with Crippen LogP contribution in [-0.2, 0) is 5.33 Å². The van der Waals surface area contributed by atoms with Gasteiger partial charge in [-0.25, -0.2) is 4.98 Å². The van der Waals surface area contributed by atoms with Crippen molar-refractivity contribution in [2.45, 2.75) is 5.33 Å². The standard InChI is InChI=1S/C10H7Br2NS/c11-5-7-1-3-8(4-2-7)9-6-14-10(12)13-9/h1-4,6H,5H2. The molecule has 1 heterocycles. The van der Waals surface area contributed by atoms with Gasteiger partial charge < -0.3 is 0 Å². The summed E-state index contributed by atoms with van der Waals surface area (Å²) in [5, 5.41) is 2.95. The van der Waals surface area contributed by atoms with Crippen molar-refractivity contribution in [1.29, 1.82) is 0 Å². The van der Waals surface area contributed by atoms with Crippen molar-refractivity contribution >= 4 is 43.2 Å². The van der Waals surface area contributed by atoms with E-state index in [0.29, 0.717) is 0 Å². The van der Waals surface area contributed by atoms with E-state index in [2.05, 4.69) is 61.1 Å². The van der Waals surface area contributed by atoms with Crippen LogP contribution < -0.4 is 0 Å². The van der Waals surface area contributed by atoms with Gasteiger partial charge >= 0.3 is 0 Å². The number of nitrogens with zero attached hydrogens (tertiary/aromatic N) is 1. The van der Waals surface area contributed by atoms with Crippen LogP contribution in [0.3, 0.4) is 0 Å². The number of hydrogen-bond donors (Lipinski definition) is 0. The molecule has 0 unspecified atom stereocenters. The normalized spacial score (nSPS) is 10.4. The smallest absolute Gasteiger partial charge is 0.159 e. The van der Waals surface area contributed by atoms with E-state index >= 15 is 0 Å². The highest BCUT2D eigenvalue weighted by Gasteiger charge is 2.01. The molecule has 1 nitrogen and oxygen atoms in total. The van der Waals surface area contributed by atoms with Crippen molar-refractivity contribution in [3.8, 4) is 11.3 Å². The Hall–Kier alpha value is -0.190. The Kier molecular flexibility index (Phi) is 3.36. The van der Waals surface area contributed by atoms with Gasteiger partial charge in [0.1, 0.15) is 0 Å². The van der Waals surface area contributed by atoms with Crippen LogP contribution in [0, 0.1) is 0 Å². The maximum absolute atomic E-state index is 4.36. The zero-order valence-corrected chi connectivity index (χ0v) is 11.2. The van der Waals surface area contributed by atoms with E-state index in [-0.39, 0.29) is 0 Å². The van der Waals surface area contributed by atoms with Gasteiger partial charge in [0.05, 0.1) is 5.69 Å². The summed E-state index contributed by atoms with van der Waals surface area (Å²) in [4.78, 5) is 4.36. The maximum atomic E-state index is 4.36. The topological polar surface area (TPSA) is 12.9 Å². The molecule has 0 fully saturated rings. The van der Waals surface area contributed by atoms with Crippen molar-refractivity contribution < 1.29 is 0 Å². The Balaban J connectivity index is 2.33. The first kappa shape index (κ1) is 10.3. The van der Waals surface area contributed by atoms with Crippen LogP contribution in [0.15, 0.2) is 33.6 Å². The molecule has 4 heteroatoms. The molecule has 1 aromatic heterocycles. The fourth-order valence-corrected chi connectivity index (χ4v) is 2.54. The van der Waals surface area contributed by atoms with Crippen LogP contribution >= 0.6 is 43.2 Å². The van der Waals surface area contributed by atoms with E-state index in [1.165, 1.54) is 5.56 Å². The second-order valence-corrected chi connectivity index (χ2v) is 5.51. The van der Waals surface area contributed by atoms with Gasteiger partial charge in [-0.15, -0.1) is 11.3 Å². The molecule has 72 valence electrons. The third-order valence-electron chi connectivity index (χ3n) is 1.88. The van der Waals surface area contributed by atoms with Crippen molar-refractivity contribution in [3.63, 3.8) is 0 Å². The number of alkyl halides is 1. The Morgan fingerprint density at radius 1 is 1.21 bits per heavy atom. The first-order chi connectivity index (χ1) is 6.79. The van der Waals surface area contributed by atoms with Crippen LogP contribution in [0.5, 0.6) is 0 Å². The maximum Gasteiger partial charge on any atom is 0.159 e. The van der Waals surface area contributed by atoms with Gasteiger partial charge in [-0.05, 0) is 21.5 Å². The average Bonchev–Trinajstić information content (AvgIpc) is 2.65. The highest BCUT2D eigenvalue weighted by Crippen LogP contribution is 2.25. The minimum Gasteiger partial charge on any atom is -0.229 e. The fraction of sp³-hybridized carbons (Fsp3) is 0.100. The summed E-state index contributed by atoms with van der Waals surface area (Å²) in [6, 6.07) is 8.41. The summed E-state index contributed by atoms with van der Waals surface area (Å²) < 4.78 is 0.928. The quantitative estimate of drug-likeness (QED) is 0.739. The number of aromatic nitrogens is 1. The van der Waals surface area contributed by atoms with Gasteiger partial charge in [0.25, 0.3) is 0 Å². The van der Waals surface area contributed by atoms with E-state index in [9.17, 15) is 0 Å². The van der Waals surface area contributed by atoms with Crippen LogP contribution in [0.25, 0.3) is 11.3 Å². The molecule has 0 saturated carbocycles. The average molecular weight is 333 g/mol. The largest absolute Gasteiger partial charge is 0.229 e. The molecule has 2 aromatic rings. The van der Waals surface area contributed by atoms with Crippen LogP contribution in [0.1, 0.15) is 5.56 Å². The Bertz CT molecular complexity index is 422. The molecule has 0 bridgehead atoms. The Morgan fingerprint density at radius 2 is 1.93 bits per heavy atom. The predicted molar refractivity (Wildman–Crippen MR) is 67.9 cm³/mol. The molecule has 0 spiro atoms. The number of hydrogen-bond acceptors (Lipinski definition) is 2. The number of rotatable bonds is 2. The number of thiazole rings is 1. The third-order valence-corrected chi connectivity index (χ3v) is 3.89. The summed E-state index contributed by atoms with van der Waals surface area (Å²) in [5.74, 6) is 0. The van der Waals surface area contributed by atoms with Crippen molar-refractivity contribution in [3.05, 3.63) is 39.1 Å². The van der Waals surface area contributed by atoms with Gasteiger partial charge in [0, 0.05) is 16.3 Å². The van der Waals surface area contributed by atoms with Gasteiger partial charge in [0.2, 0.25) is 0 Å². The van der Waals surface area contributed by atoms with Crippen molar-refractivity contribution in [1.82, 2.24) is 4.98 Å². The fourth-order valence-electron chi connectivity index (χ4n) is 1.15. The molecular weight excluding hydrogens is 326 g/mol. The molecule has 0 atom stereocenters. The lowest BCUT2D eigenvalue weighted by Crippen LogP contribution is -1.79. The second kappa shape index (κ2) is 4.55. The minimum atomic E-state index is 0.897. The summed E-state index contributed by atoms with van der Waals surface area (Å²) in [6.07, 6.45) is 0. The summed E-state index contributed by atoms with van der Waals surface area (Å²) in [5.41, 5.74) is 3.47. The lowest BCUT2D eigenvalue weighted by atomic mass is 10.1. The number of halogens is 2. The van der Waals surface area contributed by atoms with E-state index in [1.54, 1.807) is 11.3 Å². The SMILES string of the molecule is BrCc1ccc(-c2csc(Br)n2)cc1. The molecule has 2 rings (SSSR count). The van der Waals surface area contributed by atoms with E-state index in [4.69, 9.17) is 0 Å². The molecule has 1 aromatic carbocycles. The number of benzene rings is 1. The van der Waals surface area contributed by atoms with Gasteiger partial charge in [-0.1, -0.05) is 40.2 Å². The molecule has 0 saturated heterocycles. The first-order valence-electron chi connectivity index (χ1n) is 4.06. The third kappa shape index (κ3) is 2.24. The summed E-state index contributed by atoms with van der Waals surface area (Å²) in [7, 11) is 0. The highest BCUT2D eigenvalue weighted by atomic mass is 79.9. The van der Waals surface area contributed by atoms with Crippen molar-refractivity contribution in [2.24, 2.45) is 0 Å². The molecule has 0 radical (unpaired) electrons. The Labute approximate surface area is 103 Å². The molecule has 0 aliphatic rings. The minimum absolute atomic E-state index is 0.897. The second-order valence-electron chi connectivity index (χ2n) is 2.82. The molecular formula is C10H7Br2NS. The molecule has 14 heavy (non-hydrogen) atoms. The lowest BCUT2D eigenvalue weighted by molar-refractivity contribution is 1.36. The van der Waals surface area contributed by atoms with Crippen LogP contribution in [0.4, 0.5) is 0 Å². The zero-order valence-electron chi connectivity index (χ0n) is 7.21. The first-order valence-corrected chi connectivity index (χ1v) is 6.85. The van der Waals surface area contributed by atoms with Crippen LogP contribution in [-0.4, -0.2) is 4.98 Å². The zero-order chi connectivity index (χ0) is 9.97. The predicted octanol–water partition coefficient (Wildman–Crippen LogP) is 4.47. The highest BCUT2D eigenvalue weighted by molar-refractivity contribution is 9.11. The van der Waals surface area contributed by atoms with E-state index < -0.39 is 0 Å². The van der Waals surface area contributed by atoms with E-state index in [0.717, 1.165) is 20.5 Å². The molecule has 0 amide bonds. The van der Waals surface area contributed by atoms with Crippen molar-refractivity contribution in [2.75, 3.05) is 0 Å². The molecule has 0 N–H and O–H groups in total. The summed E-state index contributed by atoms with van der Waals surface area (Å²) in [6.45, 7) is 0. The van der Waals surface area contributed by atoms with Gasteiger partial charge in [-0.3, -0.25) is 0 Å². The lowest BCUT2D eigenvalue weighted by Gasteiger charge is -1.98. The van der Waals surface area contributed by atoms with Gasteiger partial charge in [0.15, 0.2) is 3.92 Å². The molecule has 0 aliphatic heterocycles. The summed E-state index contributed by atoms with van der Waals surface area (Å²) >= 11 is 8.38. The molecule has 0 aliphatic carbocycles. The van der Waals surface area contributed by atoms with E-state index in [1.807, 2.05) is 5.38 Å². The van der Waals surface area contributed by atoms with Gasteiger partial charge in [-0.2, -0.15) is 0 Å². The monoisotopic (exact) mass is 331 g/mol.